The molecule has 0 atom stereocenters. The molecule has 2 aromatic carbocycles. The fourth-order valence-electron chi connectivity index (χ4n) is 1.64. The van der Waals surface area contributed by atoms with Crippen LogP contribution >= 0.6 is 27.5 Å². The molecule has 0 aliphatic rings. The third-order valence-corrected chi connectivity index (χ3v) is 4.15. The molecule has 2 rings (SSSR count). The molecule has 0 saturated heterocycles. The van der Waals surface area contributed by atoms with Crippen molar-refractivity contribution in [1.82, 2.24) is 0 Å². The normalized spacial score (nSPS) is 11.8. The molecule has 0 radical (unpaired) electrons. The van der Waals surface area contributed by atoms with Crippen molar-refractivity contribution in [3.8, 4) is 0 Å². The van der Waals surface area contributed by atoms with Gasteiger partial charge in [0.2, 0.25) is 5.91 Å². The third kappa shape index (κ3) is 8.57. The van der Waals surface area contributed by atoms with E-state index in [4.69, 9.17) is 21.9 Å². The Morgan fingerprint density at radius 1 is 1.15 bits per heavy atom. The average molecular weight is 487 g/mol. The van der Waals surface area contributed by atoms with Crippen LogP contribution in [0.15, 0.2) is 52.3 Å². The molecule has 0 aliphatic carbocycles. The second-order valence-electron chi connectivity index (χ2n) is 4.93. The van der Waals surface area contributed by atoms with Crippen LogP contribution in [0.4, 0.5) is 13.2 Å². The first-order valence-electron chi connectivity index (χ1n) is 6.87. The lowest BCUT2D eigenvalue weighted by molar-refractivity contribution is -0.137. The van der Waals surface area contributed by atoms with Crippen LogP contribution in [0.1, 0.15) is 21.5 Å². The second kappa shape index (κ2) is 9.36. The zero-order valence-electron chi connectivity index (χ0n) is 13.2. The molecule has 146 valence electrons. The number of carbonyl (C=O) groups excluding carboxylic acids is 1. The van der Waals surface area contributed by atoms with Gasteiger partial charge in [0.05, 0.1) is 21.6 Å². The summed E-state index contributed by atoms with van der Waals surface area (Å²) >= 11 is 8.90. The predicted octanol–water partition coefficient (Wildman–Crippen LogP) is 4.77. The van der Waals surface area contributed by atoms with Crippen LogP contribution in [0.3, 0.4) is 0 Å². The van der Waals surface area contributed by atoms with Gasteiger partial charge in [-0.1, -0.05) is 39.7 Å². The van der Waals surface area contributed by atoms with Gasteiger partial charge in [-0.15, -0.1) is 0 Å². The van der Waals surface area contributed by atoms with Crippen molar-refractivity contribution in [3.63, 3.8) is 0 Å². The number of primary amides is 1. The van der Waals surface area contributed by atoms with Gasteiger partial charge in [0.25, 0.3) is 10.1 Å². The van der Waals surface area contributed by atoms with Gasteiger partial charge < -0.3 is 5.73 Å². The summed E-state index contributed by atoms with van der Waals surface area (Å²) in [6.07, 6.45) is -3.43. The number of hydrogen-bond acceptors (Lipinski definition) is 3. The van der Waals surface area contributed by atoms with Gasteiger partial charge in [0.1, 0.15) is 0 Å². The topological polar surface area (TPSA) is 97.5 Å². The number of alkyl halides is 3. The van der Waals surface area contributed by atoms with E-state index in [2.05, 4.69) is 15.9 Å². The first-order valence-corrected chi connectivity index (χ1v) is 9.54. The fraction of sp³-hybridized carbons (Fsp3) is 0.0625. The lowest BCUT2D eigenvalue weighted by Gasteiger charge is -2.05. The Hall–Kier alpha value is -1.88. The molecule has 0 aliphatic heterocycles. The molecule has 3 N–H and O–H groups in total. The highest BCUT2D eigenvalue weighted by molar-refractivity contribution is 9.10. The van der Waals surface area contributed by atoms with E-state index < -0.39 is 27.8 Å². The number of benzene rings is 2. The molecule has 0 heterocycles. The maximum Gasteiger partial charge on any atom is 0.416 e. The SMILES string of the molecule is NC(=O)c1ccc(Br)cc1Cl.O=S(=O)(O)C=Cc1ccc(C(F)(F)F)cc1. The molecule has 0 bridgehead atoms. The monoisotopic (exact) mass is 485 g/mol. The number of hydrogen-bond donors (Lipinski definition) is 2. The first kappa shape index (κ1) is 23.2. The Bertz CT molecular complexity index is 945. The Kier molecular flexibility index (Phi) is 8.03. The number of halogens is 5. The van der Waals surface area contributed by atoms with Crippen molar-refractivity contribution in [3.05, 3.63) is 74.1 Å². The Balaban J connectivity index is 0.000000289. The Labute approximate surface area is 166 Å². The summed E-state index contributed by atoms with van der Waals surface area (Å²) in [6.45, 7) is 0. The minimum atomic E-state index is -4.43. The van der Waals surface area contributed by atoms with Gasteiger partial charge in [-0.25, -0.2) is 0 Å². The van der Waals surface area contributed by atoms with Crippen LogP contribution in [0.25, 0.3) is 6.08 Å². The Morgan fingerprint density at radius 2 is 1.70 bits per heavy atom. The summed E-state index contributed by atoms with van der Waals surface area (Å²) in [6, 6.07) is 8.77. The molecule has 27 heavy (non-hydrogen) atoms. The summed E-state index contributed by atoms with van der Waals surface area (Å²) in [4.78, 5) is 10.7. The molecular weight excluding hydrogens is 475 g/mol. The molecule has 11 heteroatoms. The lowest BCUT2D eigenvalue weighted by Crippen LogP contribution is -2.11. The van der Waals surface area contributed by atoms with Gasteiger partial charge in [0, 0.05) is 4.47 Å². The Morgan fingerprint density at radius 3 is 2.11 bits per heavy atom. The van der Waals surface area contributed by atoms with Gasteiger partial charge in [-0.3, -0.25) is 9.35 Å². The molecule has 0 unspecified atom stereocenters. The summed E-state index contributed by atoms with van der Waals surface area (Å²) in [5.74, 6) is -0.512. The van der Waals surface area contributed by atoms with E-state index in [-0.39, 0.29) is 5.56 Å². The van der Waals surface area contributed by atoms with Crippen LogP contribution in [0.2, 0.25) is 5.02 Å². The van der Waals surface area contributed by atoms with Crippen molar-refractivity contribution in [2.24, 2.45) is 5.73 Å². The van der Waals surface area contributed by atoms with Gasteiger partial charge in [-0.2, -0.15) is 21.6 Å². The highest BCUT2D eigenvalue weighted by Crippen LogP contribution is 2.29. The zero-order chi connectivity index (χ0) is 20.8. The lowest BCUT2D eigenvalue weighted by atomic mass is 10.1. The number of nitrogens with two attached hydrogens (primary N) is 1. The third-order valence-electron chi connectivity index (χ3n) is 2.87. The first-order chi connectivity index (χ1) is 12.3. The number of amides is 1. The van der Waals surface area contributed by atoms with Crippen molar-refractivity contribution in [2.75, 3.05) is 0 Å². The summed E-state index contributed by atoms with van der Waals surface area (Å²) in [7, 11) is -4.26. The minimum Gasteiger partial charge on any atom is -0.366 e. The smallest absolute Gasteiger partial charge is 0.366 e. The fourth-order valence-corrected chi connectivity index (χ4v) is 2.73. The van der Waals surface area contributed by atoms with E-state index in [0.717, 1.165) is 34.8 Å². The molecule has 5 nitrogen and oxygen atoms in total. The van der Waals surface area contributed by atoms with Crippen LogP contribution < -0.4 is 5.73 Å². The molecular formula is C16H12BrClF3NO4S. The van der Waals surface area contributed by atoms with Gasteiger partial charge >= 0.3 is 6.18 Å². The van der Waals surface area contributed by atoms with Crippen molar-refractivity contribution >= 4 is 49.6 Å². The second-order valence-corrected chi connectivity index (χ2v) is 7.55. The maximum absolute atomic E-state index is 12.1. The van der Waals surface area contributed by atoms with E-state index in [1.807, 2.05) is 0 Å². The van der Waals surface area contributed by atoms with E-state index in [1.54, 1.807) is 18.2 Å². The number of carbonyl (C=O) groups is 1. The van der Waals surface area contributed by atoms with E-state index in [9.17, 15) is 26.4 Å². The van der Waals surface area contributed by atoms with Crippen LogP contribution in [0.5, 0.6) is 0 Å². The molecule has 1 amide bonds. The average Bonchev–Trinajstić information content (AvgIpc) is 2.52. The van der Waals surface area contributed by atoms with E-state index >= 15 is 0 Å². The van der Waals surface area contributed by atoms with Crippen molar-refractivity contribution < 1.29 is 30.9 Å². The van der Waals surface area contributed by atoms with Gasteiger partial charge in [0.15, 0.2) is 0 Å². The van der Waals surface area contributed by atoms with Crippen LogP contribution in [-0.4, -0.2) is 18.9 Å². The van der Waals surface area contributed by atoms with Crippen LogP contribution in [0, 0.1) is 0 Å². The largest absolute Gasteiger partial charge is 0.416 e. The van der Waals surface area contributed by atoms with E-state index in [1.165, 1.54) is 0 Å². The molecule has 0 saturated carbocycles. The molecule has 0 aromatic heterocycles. The standard InChI is InChI=1S/C9H7F3O3S.C7H5BrClNO/c10-9(11,12)8-3-1-7(2-4-8)5-6-16(13,14)15;8-4-1-2-5(7(10)11)6(9)3-4/h1-6H,(H,13,14,15);1-3H,(H2,10,11). The van der Waals surface area contributed by atoms with Crippen molar-refractivity contribution in [1.29, 1.82) is 0 Å². The quantitative estimate of drug-likeness (QED) is 0.611. The number of rotatable bonds is 3. The van der Waals surface area contributed by atoms with Gasteiger partial charge in [-0.05, 0) is 42.0 Å². The summed E-state index contributed by atoms with van der Waals surface area (Å²) in [5, 5.41) is 0.863. The molecule has 2 aromatic rings. The minimum absolute atomic E-state index is 0.241. The summed E-state index contributed by atoms with van der Waals surface area (Å²) < 4.78 is 66.3. The predicted molar refractivity (Wildman–Crippen MR) is 99.7 cm³/mol. The van der Waals surface area contributed by atoms with Crippen LogP contribution in [-0.2, 0) is 16.3 Å². The van der Waals surface area contributed by atoms with Crippen molar-refractivity contribution in [2.45, 2.75) is 6.18 Å². The molecule has 0 spiro atoms. The molecule has 0 fully saturated rings. The summed E-state index contributed by atoms with van der Waals surface area (Å²) in [5.41, 5.74) is 4.79. The maximum atomic E-state index is 12.1. The van der Waals surface area contributed by atoms with E-state index in [0.29, 0.717) is 16.0 Å². The highest BCUT2D eigenvalue weighted by atomic mass is 79.9. The zero-order valence-corrected chi connectivity index (χ0v) is 16.4. The highest BCUT2D eigenvalue weighted by Gasteiger charge is 2.29.